The minimum Gasteiger partial charge on any atom is -0.294 e. The molecule has 8 heteroatoms. The summed E-state index contributed by atoms with van der Waals surface area (Å²) in [5, 5.41) is 4.40. The lowest BCUT2D eigenvalue weighted by molar-refractivity contribution is 0.241. The quantitative estimate of drug-likeness (QED) is 0.774. The van der Waals surface area contributed by atoms with Crippen LogP contribution in [-0.2, 0) is 35.9 Å². The summed E-state index contributed by atoms with van der Waals surface area (Å²) in [7, 11) is -3.35. The summed E-state index contributed by atoms with van der Waals surface area (Å²) in [4.78, 5) is 10.5. The monoisotopic (exact) mass is 335 g/mol. The Labute approximate surface area is 136 Å². The van der Waals surface area contributed by atoms with E-state index in [2.05, 4.69) is 33.1 Å². The molecule has 0 bridgehead atoms. The van der Waals surface area contributed by atoms with E-state index in [0.29, 0.717) is 0 Å². The number of rotatable bonds is 4. The predicted octanol–water partition coefficient (Wildman–Crippen LogP) is 0.963. The van der Waals surface area contributed by atoms with Crippen molar-refractivity contribution in [2.24, 2.45) is 0 Å². The van der Waals surface area contributed by atoms with Crippen LogP contribution in [0.3, 0.4) is 0 Å². The van der Waals surface area contributed by atoms with E-state index < -0.39 is 9.84 Å². The Morgan fingerprint density at radius 3 is 2.78 bits per heavy atom. The van der Waals surface area contributed by atoms with E-state index in [4.69, 9.17) is 0 Å². The molecule has 0 saturated carbocycles. The smallest absolute Gasteiger partial charge is 0.246 e. The van der Waals surface area contributed by atoms with Gasteiger partial charge in [0.1, 0.15) is 0 Å². The van der Waals surface area contributed by atoms with Crippen LogP contribution in [0.2, 0.25) is 0 Å². The second-order valence-corrected chi connectivity index (χ2v) is 7.86. The van der Waals surface area contributed by atoms with Gasteiger partial charge < -0.3 is 0 Å². The van der Waals surface area contributed by atoms with Crippen LogP contribution in [0.1, 0.15) is 29.4 Å². The van der Waals surface area contributed by atoms with Gasteiger partial charge in [0.25, 0.3) is 0 Å². The minimum atomic E-state index is -3.35. The van der Waals surface area contributed by atoms with Gasteiger partial charge >= 0.3 is 0 Å². The van der Waals surface area contributed by atoms with Crippen molar-refractivity contribution < 1.29 is 8.42 Å². The van der Waals surface area contributed by atoms with Crippen molar-refractivity contribution in [3.63, 3.8) is 0 Å². The first-order valence-electron chi connectivity index (χ1n) is 7.67. The summed E-state index contributed by atoms with van der Waals surface area (Å²) < 4.78 is 25.0. The number of aromatic nitrogens is 4. The molecule has 0 aliphatic carbocycles. The fourth-order valence-corrected chi connectivity index (χ4v) is 3.31. The Bertz CT molecular complexity index is 828. The van der Waals surface area contributed by atoms with Gasteiger partial charge in [0.15, 0.2) is 0 Å². The summed E-state index contributed by atoms with van der Waals surface area (Å²) in [5.41, 5.74) is 4.13. The van der Waals surface area contributed by atoms with E-state index in [1.807, 2.05) is 11.6 Å². The molecule has 0 unspecified atom stereocenters. The highest BCUT2D eigenvalue weighted by Crippen LogP contribution is 2.20. The molecule has 1 aliphatic heterocycles. The normalized spacial score (nSPS) is 15.6. The maximum absolute atomic E-state index is 11.5. The third kappa shape index (κ3) is 3.42. The van der Waals surface area contributed by atoms with Crippen LogP contribution >= 0.6 is 0 Å². The van der Waals surface area contributed by atoms with Crippen LogP contribution in [0.4, 0.5) is 0 Å². The Hall–Kier alpha value is -1.80. The molecular weight excluding hydrogens is 314 g/mol. The average Bonchev–Trinajstić information content (AvgIpc) is 2.86. The summed E-state index contributed by atoms with van der Waals surface area (Å²) >= 11 is 0. The van der Waals surface area contributed by atoms with Gasteiger partial charge in [-0.1, -0.05) is 0 Å². The van der Waals surface area contributed by atoms with E-state index in [9.17, 15) is 8.42 Å². The highest BCUT2D eigenvalue weighted by atomic mass is 32.2. The fraction of sp³-hybridized carbons (Fsp3) is 0.533. The number of nitrogens with zero attached hydrogens (tertiary/aromatic N) is 5. The maximum Gasteiger partial charge on any atom is 0.246 e. The van der Waals surface area contributed by atoms with E-state index in [1.54, 1.807) is 6.20 Å². The molecule has 0 radical (unpaired) electrons. The average molecular weight is 335 g/mol. The first-order chi connectivity index (χ1) is 10.9. The zero-order chi connectivity index (χ0) is 16.6. The SMILES string of the molecule is CCn1cc(CN2CCc3nc(S(C)(=O)=O)ncc3C2)c(C)n1. The van der Waals surface area contributed by atoms with Crippen molar-refractivity contribution >= 4 is 9.84 Å². The molecule has 2 aromatic heterocycles. The van der Waals surface area contributed by atoms with Crippen LogP contribution in [0.25, 0.3) is 0 Å². The van der Waals surface area contributed by atoms with E-state index in [-0.39, 0.29) is 5.16 Å². The minimum absolute atomic E-state index is 0.0789. The molecule has 3 rings (SSSR count). The summed E-state index contributed by atoms with van der Waals surface area (Å²) in [6.45, 7) is 7.38. The standard InChI is InChI=1S/C15H21N5O2S/c1-4-20-10-13(11(2)18-20)9-19-6-5-14-12(8-19)7-16-15(17-14)23(3,21)22/h7,10H,4-6,8-9H2,1-3H3. The molecule has 23 heavy (non-hydrogen) atoms. The van der Waals surface area contributed by atoms with Crippen molar-refractivity contribution in [1.29, 1.82) is 0 Å². The van der Waals surface area contributed by atoms with Gasteiger partial charge in [-0.2, -0.15) is 5.10 Å². The van der Waals surface area contributed by atoms with Gasteiger partial charge in [0, 0.05) is 62.4 Å². The van der Waals surface area contributed by atoms with E-state index in [0.717, 1.165) is 55.8 Å². The van der Waals surface area contributed by atoms with E-state index >= 15 is 0 Å². The molecule has 0 N–H and O–H groups in total. The first-order valence-corrected chi connectivity index (χ1v) is 9.56. The molecule has 0 saturated heterocycles. The molecule has 1 aliphatic rings. The third-order valence-corrected chi connectivity index (χ3v) is 4.95. The zero-order valence-electron chi connectivity index (χ0n) is 13.7. The molecule has 0 fully saturated rings. The van der Waals surface area contributed by atoms with Gasteiger partial charge in [-0.15, -0.1) is 0 Å². The maximum atomic E-state index is 11.5. The van der Waals surface area contributed by atoms with Gasteiger partial charge in [0.05, 0.1) is 11.4 Å². The Balaban J connectivity index is 1.76. The third-order valence-electron chi connectivity index (χ3n) is 4.09. The lowest BCUT2D eigenvalue weighted by Crippen LogP contribution is -2.31. The second-order valence-electron chi connectivity index (χ2n) is 5.95. The van der Waals surface area contributed by atoms with Crippen molar-refractivity contribution in [2.75, 3.05) is 12.8 Å². The first kappa shape index (κ1) is 16.1. The molecule has 0 atom stereocenters. The molecule has 124 valence electrons. The van der Waals surface area contributed by atoms with Crippen LogP contribution in [0, 0.1) is 6.92 Å². The van der Waals surface area contributed by atoms with Gasteiger partial charge in [0.2, 0.25) is 15.0 Å². The van der Waals surface area contributed by atoms with Crippen LogP contribution in [0.15, 0.2) is 17.6 Å². The second kappa shape index (κ2) is 6.01. The number of sulfone groups is 1. The fourth-order valence-electron chi connectivity index (χ4n) is 2.79. The lowest BCUT2D eigenvalue weighted by Gasteiger charge is -2.27. The molecular formula is C15H21N5O2S. The lowest BCUT2D eigenvalue weighted by atomic mass is 10.1. The summed E-state index contributed by atoms with van der Waals surface area (Å²) in [5.74, 6) is 0. The van der Waals surface area contributed by atoms with Crippen molar-refractivity contribution in [2.45, 2.75) is 45.1 Å². The van der Waals surface area contributed by atoms with Gasteiger partial charge in [-0.3, -0.25) is 9.58 Å². The predicted molar refractivity (Wildman–Crippen MR) is 85.6 cm³/mol. The zero-order valence-corrected chi connectivity index (χ0v) is 14.5. The highest BCUT2D eigenvalue weighted by Gasteiger charge is 2.21. The number of hydrogen-bond acceptors (Lipinski definition) is 6. The van der Waals surface area contributed by atoms with Crippen molar-refractivity contribution in [3.8, 4) is 0 Å². The van der Waals surface area contributed by atoms with Gasteiger partial charge in [-0.25, -0.2) is 18.4 Å². The number of aryl methyl sites for hydroxylation is 2. The Morgan fingerprint density at radius 1 is 1.35 bits per heavy atom. The molecule has 2 aromatic rings. The summed E-state index contributed by atoms with van der Waals surface area (Å²) in [6, 6.07) is 0. The summed E-state index contributed by atoms with van der Waals surface area (Å²) in [6.07, 6.45) is 5.61. The van der Waals surface area contributed by atoms with Crippen LogP contribution in [-0.4, -0.2) is 45.9 Å². The Kier molecular flexibility index (Phi) is 4.20. The van der Waals surface area contributed by atoms with Gasteiger partial charge in [-0.05, 0) is 13.8 Å². The van der Waals surface area contributed by atoms with E-state index in [1.165, 1.54) is 5.56 Å². The van der Waals surface area contributed by atoms with Crippen molar-refractivity contribution in [1.82, 2.24) is 24.6 Å². The van der Waals surface area contributed by atoms with Crippen LogP contribution < -0.4 is 0 Å². The molecule has 0 aromatic carbocycles. The molecule has 0 spiro atoms. The highest BCUT2D eigenvalue weighted by molar-refractivity contribution is 7.90. The van der Waals surface area contributed by atoms with Crippen LogP contribution in [0.5, 0.6) is 0 Å². The largest absolute Gasteiger partial charge is 0.294 e. The Morgan fingerprint density at radius 2 is 2.13 bits per heavy atom. The van der Waals surface area contributed by atoms with Crippen molar-refractivity contribution in [3.05, 3.63) is 34.9 Å². The number of fused-ring (bicyclic) bond motifs is 1. The molecule has 0 amide bonds. The molecule has 3 heterocycles. The topological polar surface area (TPSA) is 81.0 Å². The number of hydrogen-bond donors (Lipinski definition) is 0. The molecule has 7 nitrogen and oxygen atoms in total.